The van der Waals surface area contributed by atoms with Crippen molar-refractivity contribution >= 4 is 21.7 Å². The zero-order valence-corrected chi connectivity index (χ0v) is 12.7. The van der Waals surface area contributed by atoms with Gasteiger partial charge in [-0.25, -0.2) is 9.97 Å². The largest absolute Gasteiger partial charge is 0.373 e. The zero-order valence-electron chi connectivity index (χ0n) is 11.1. The van der Waals surface area contributed by atoms with Crippen LogP contribution in [0.15, 0.2) is 28.7 Å². The summed E-state index contributed by atoms with van der Waals surface area (Å²) in [7, 11) is 1.91. The monoisotopic (exact) mass is 317 g/mol. The molecule has 1 aromatic carbocycles. The summed E-state index contributed by atoms with van der Waals surface area (Å²) < 4.78 is 1.07. The molecule has 0 atom stereocenters. The molecule has 0 unspecified atom stereocenters. The fraction of sp³-hybridized carbons (Fsp3) is 0.333. The molecule has 0 spiro atoms. The smallest absolute Gasteiger partial charge is 0.134 e. The van der Waals surface area contributed by atoms with Gasteiger partial charge in [0.25, 0.3) is 0 Å². The first-order valence-electron chi connectivity index (χ1n) is 6.52. The lowest BCUT2D eigenvalue weighted by Gasteiger charge is -2.13. The lowest BCUT2D eigenvalue weighted by atomic mass is 10.1. The zero-order chi connectivity index (χ0) is 13.4. The summed E-state index contributed by atoms with van der Waals surface area (Å²) in [5, 5.41) is 3.18. The Morgan fingerprint density at radius 1 is 1.21 bits per heavy atom. The van der Waals surface area contributed by atoms with Gasteiger partial charge in [-0.2, -0.15) is 0 Å². The third-order valence-electron chi connectivity index (χ3n) is 3.47. The van der Waals surface area contributed by atoms with Crippen molar-refractivity contribution in [3.05, 3.63) is 40.1 Å². The average molecular weight is 318 g/mol. The average Bonchev–Trinajstić information content (AvgIpc) is 3.24. The highest BCUT2D eigenvalue weighted by atomic mass is 79.9. The highest BCUT2D eigenvalue weighted by molar-refractivity contribution is 9.10. The first-order chi connectivity index (χ1) is 9.20. The van der Waals surface area contributed by atoms with Gasteiger partial charge in [-0.1, -0.05) is 34.1 Å². The molecule has 0 aliphatic heterocycles. The number of aromatic nitrogens is 2. The quantitative estimate of drug-likeness (QED) is 0.924. The molecule has 4 heteroatoms. The van der Waals surface area contributed by atoms with Gasteiger partial charge >= 0.3 is 0 Å². The van der Waals surface area contributed by atoms with Crippen molar-refractivity contribution in [2.75, 3.05) is 12.4 Å². The van der Waals surface area contributed by atoms with Crippen LogP contribution in [0.25, 0.3) is 11.3 Å². The van der Waals surface area contributed by atoms with Crippen molar-refractivity contribution < 1.29 is 0 Å². The van der Waals surface area contributed by atoms with E-state index in [1.165, 1.54) is 12.8 Å². The molecule has 1 saturated carbocycles. The summed E-state index contributed by atoms with van der Waals surface area (Å²) in [4.78, 5) is 9.42. The van der Waals surface area contributed by atoms with Crippen molar-refractivity contribution in [3.63, 3.8) is 0 Å². The Labute approximate surface area is 121 Å². The Bertz CT molecular complexity index is 621. The second-order valence-electron chi connectivity index (χ2n) is 4.91. The second kappa shape index (κ2) is 4.93. The van der Waals surface area contributed by atoms with Crippen LogP contribution < -0.4 is 5.32 Å². The fourth-order valence-corrected chi connectivity index (χ4v) is 2.69. The molecule has 19 heavy (non-hydrogen) atoms. The predicted octanol–water partition coefficient (Wildman–Crippen LogP) is 4.13. The Morgan fingerprint density at radius 3 is 2.58 bits per heavy atom. The van der Waals surface area contributed by atoms with Crippen molar-refractivity contribution in [2.45, 2.75) is 25.7 Å². The third kappa shape index (κ3) is 2.37. The summed E-state index contributed by atoms with van der Waals surface area (Å²) in [5.74, 6) is 2.46. The second-order valence-corrected chi connectivity index (χ2v) is 5.76. The summed E-state index contributed by atoms with van der Waals surface area (Å²) in [6.45, 7) is 2.07. The van der Waals surface area contributed by atoms with Crippen LogP contribution in [0.3, 0.4) is 0 Å². The van der Waals surface area contributed by atoms with E-state index in [1.54, 1.807) is 0 Å². The Morgan fingerprint density at radius 2 is 1.95 bits per heavy atom. The standard InChI is InChI=1S/C15H16BrN3/c1-9-13(11-5-3-4-6-12(11)16)18-15(10-7-8-10)19-14(9)17-2/h3-6,10H,7-8H2,1-2H3,(H,17,18,19). The topological polar surface area (TPSA) is 37.8 Å². The molecule has 0 amide bonds. The summed E-state index contributed by atoms with van der Waals surface area (Å²) >= 11 is 3.61. The van der Waals surface area contributed by atoms with Crippen LogP contribution in [0.1, 0.15) is 30.1 Å². The van der Waals surface area contributed by atoms with Gasteiger partial charge in [0.2, 0.25) is 0 Å². The molecular weight excluding hydrogens is 302 g/mol. The number of nitrogens with one attached hydrogen (secondary N) is 1. The van der Waals surface area contributed by atoms with Crippen LogP contribution in [-0.4, -0.2) is 17.0 Å². The molecule has 98 valence electrons. The minimum Gasteiger partial charge on any atom is -0.373 e. The molecule has 3 rings (SSSR count). The number of anilines is 1. The van der Waals surface area contributed by atoms with Gasteiger partial charge in [0.05, 0.1) is 5.69 Å². The van der Waals surface area contributed by atoms with Gasteiger partial charge in [-0.3, -0.25) is 0 Å². The maximum atomic E-state index is 4.79. The molecule has 1 heterocycles. The van der Waals surface area contributed by atoms with Crippen LogP contribution in [0.5, 0.6) is 0 Å². The third-order valence-corrected chi connectivity index (χ3v) is 4.16. The SMILES string of the molecule is CNc1nc(C2CC2)nc(-c2ccccc2Br)c1C. The van der Waals surface area contributed by atoms with E-state index in [4.69, 9.17) is 4.98 Å². The molecule has 1 fully saturated rings. The molecule has 0 radical (unpaired) electrons. The highest BCUT2D eigenvalue weighted by Gasteiger charge is 2.28. The fourth-order valence-electron chi connectivity index (χ4n) is 2.22. The Kier molecular flexibility index (Phi) is 3.27. The molecular formula is C15H16BrN3. The van der Waals surface area contributed by atoms with E-state index in [1.807, 2.05) is 25.2 Å². The number of rotatable bonds is 3. The van der Waals surface area contributed by atoms with Gasteiger partial charge in [0.15, 0.2) is 0 Å². The van der Waals surface area contributed by atoms with Crippen molar-refractivity contribution in [3.8, 4) is 11.3 Å². The van der Waals surface area contributed by atoms with Gasteiger partial charge in [-0.15, -0.1) is 0 Å². The molecule has 2 aromatic rings. The van der Waals surface area contributed by atoms with Gasteiger partial charge in [-0.05, 0) is 25.8 Å². The summed E-state index contributed by atoms with van der Waals surface area (Å²) in [5.41, 5.74) is 3.24. The van der Waals surface area contributed by atoms with Gasteiger partial charge < -0.3 is 5.32 Å². The van der Waals surface area contributed by atoms with Crippen LogP contribution in [0.4, 0.5) is 5.82 Å². The van der Waals surface area contributed by atoms with Crippen LogP contribution in [0.2, 0.25) is 0 Å². The van der Waals surface area contributed by atoms with Crippen LogP contribution >= 0.6 is 15.9 Å². The van der Waals surface area contributed by atoms with Gasteiger partial charge in [0.1, 0.15) is 11.6 Å². The summed E-state index contributed by atoms with van der Waals surface area (Å²) in [6.07, 6.45) is 2.42. The highest BCUT2D eigenvalue weighted by Crippen LogP contribution is 2.40. The Balaban J connectivity index is 2.19. The number of hydrogen-bond acceptors (Lipinski definition) is 3. The maximum Gasteiger partial charge on any atom is 0.134 e. The molecule has 3 nitrogen and oxygen atoms in total. The molecule has 1 N–H and O–H groups in total. The molecule has 1 aliphatic rings. The van der Waals surface area contributed by atoms with E-state index >= 15 is 0 Å². The van der Waals surface area contributed by atoms with E-state index in [0.717, 1.165) is 32.9 Å². The minimum atomic E-state index is 0.550. The number of benzene rings is 1. The lowest BCUT2D eigenvalue weighted by molar-refractivity contribution is 0.923. The van der Waals surface area contributed by atoms with Crippen LogP contribution in [0, 0.1) is 6.92 Å². The first-order valence-corrected chi connectivity index (χ1v) is 7.31. The molecule has 0 saturated heterocycles. The summed E-state index contributed by atoms with van der Waals surface area (Å²) in [6, 6.07) is 8.20. The number of halogens is 1. The van der Waals surface area contributed by atoms with Gasteiger partial charge in [0, 0.05) is 28.6 Å². The number of hydrogen-bond donors (Lipinski definition) is 1. The van der Waals surface area contributed by atoms with E-state index in [9.17, 15) is 0 Å². The molecule has 1 aliphatic carbocycles. The first kappa shape index (κ1) is 12.6. The molecule has 0 bridgehead atoms. The van der Waals surface area contributed by atoms with Crippen molar-refractivity contribution in [2.24, 2.45) is 0 Å². The number of nitrogens with zero attached hydrogens (tertiary/aromatic N) is 2. The Hall–Kier alpha value is -1.42. The van der Waals surface area contributed by atoms with E-state index < -0.39 is 0 Å². The van der Waals surface area contributed by atoms with E-state index in [2.05, 4.69) is 39.2 Å². The predicted molar refractivity (Wildman–Crippen MR) is 81.4 cm³/mol. The minimum absolute atomic E-state index is 0.550. The maximum absolute atomic E-state index is 4.79. The van der Waals surface area contributed by atoms with Crippen LogP contribution in [-0.2, 0) is 0 Å². The van der Waals surface area contributed by atoms with Crippen molar-refractivity contribution in [1.82, 2.24) is 9.97 Å². The molecule has 1 aromatic heterocycles. The normalized spacial score (nSPS) is 14.5. The van der Waals surface area contributed by atoms with E-state index in [-0.39, 0.29) is 0 Å². The van der Waals surface area contributed by atoms with Crippen molar-refractivity contribution in [1.29, 1.82) is 0 Å². The lowest BCUT2D eigenvalue weighted by Crippen LogP contribution is -2.04. The van der Waals surface area contributed by atoms with E-state index in [0.29, 0.717) is 5.92 Å².